The van der Waals surface area contributed by atoms with Gasteiger partial charge in [0.2, 0.25) is 11.8 Å². The van der Waals surface area contributed by atoms with E-state index in [9.17, 15) is 29.4 Å². The molecule has 10 heteroatoms. The van der Waals surface area contributed by atoms with Gasteiger partial charge in [-0.2, -0.15) is 0 Å². The number of imide groups is 2. The maximum atomic E-state index is 13.1. The minimum absolute atomic E-state index is 0.0898. The molecule has 186 valence electrons. The fourth-order valence-electron chi connectivity index (χ4n) is 6.55. The van der Waals surface area contributed by atoms with Crippen LogP contribution in [-0.4, -0.2) is 94.6 Å². The molecule has 1 aromatic rings. The van der Waals surface area contributed by atoms with Gasteiger partial charge in [-0.15, -0.1) is 0 Å². The lowest BCUT2D eigenvalue weighted by molar-refractivity contribution is -0.136. The number of carbonyl (C=O) groups is 4. The highest BCUT2D eigenvalue weighted by Gasteiger charge is 2.55. The summed E-state index contributed by atoms with van der Waals surface area (Å²) in [7, 11) is 0. The molecule has 0 spiro atoms. The summed E-state index contributed by atoms with van der Waals surface area (Å²) in [5.41, 5.74) is 0.594. The zero-order valence-electron chi connectivity index (χ0n) is 19.5. The Kier molecular flexibility index (Phi) is 5.24. The third-order valence-corrected chi connectivity index (χ3v) is 8.66. The molecule has 1 aromatic carbocycles. The van der Waals surface area contributed by atoms with Crippen LogP contribution in [0.5, 0.6) is 0 Å². The summed E-state index contributed by atoms with van der Waals surface area (Å²) in [5.74, 6) is -0.428. The number of likely N-dealkylation sites (tertiary alicyclic amines) is 1. The van der Waals surface area contributed by atoms with E-state index in [1.807, 2.05) is 6.07 Å². The Morgan fingerprint density at radius 2 is 1.69 bits per heavy atom. The molecule has 4 aliphatic heterocycles. The van der Waals surface area contributed by atoms with E-state index in [4.69, 9.17) is 0 Å². The number of fused-ring (bicyclic) bond motifs is 2. The second kappa shape index (κ2) is 8.11. The van der Waals surface area contributed by atoms with Gasteiger partial charge >= 0.3 is 0 Å². The van der Waals surface area contributed by atoms with Crippen molar-refractivity contribution in [2.75, 3.05) is 44.2 Å². The van der Waals surface area contributed by atoms with Crippen LogP contribution in [0, 0.1) is 17.8 Å². The van der Waals surface area contributed by atoms with E-state index in [0.29, 0.717) is 50.2 Å². The van der Waals surface area contributed by atoms with Crippen LogP contribution in [0.1, 0.15) is 46.4 Å². The average molecular weight is 483 g/mol. The Balaban J connectivity index is 1.10. The molecule has 35 heavy (non-hydrogen) atoms. The zero-order chi connectivity index (χ0) is 24.5. The number of anilines is 1. The number of benzene rings is 1. The first-order chi connectivity index (χ1) is 16.8. The summed E-state index contributed by atoms with van der Waals surface area (Å²) in [4.78, 5) is 55.2. The average Bonchev–Trinajstić information content (AvgIpc) is 3.20. The standard InChI is InChI=1S/C25H30N4O6/c30-12-19-17-10-27(11-18(17)19)13-25(35)5-7-28(8-6-25)14-1-2-15-16(9-14)24(34)29(23(15)33)20-3-4-21(31)26-22(20)32/h1-2,9,17-20,30,35H,3-8,10-13H2,(H,26,31,32). The van der Waals surface area contributed by atoms with Crippen LogP contribution in [0.15, 0.2) is 18.2 Å². The molecule has 0 aromatic heterocycles. The summed E-state index contributed by atoms with van der Waals surface area (Å²) in [6.45, 7) is 4.08. The van der Waals surface area contributed by atoms with Crippen LogP contribution in [0.25, 0.3) is 0 Å². The number of hydrogen-bond acceptors (Lipinski definition) is 8. The van der Waals surface area contributed by atoms with Crippen LogP contribution in [-0.2, 0) is 9.59 Å². The van der Waals surface area contributed by atoms with Crippen LogP contribution in [0.4, 0.5) is 5.69 Å². The second-order valence-corrected chi connectivity index (χ2v) is 10.8. The van der Waals surface area contributed by atoms with Gasteiger partial charge in [-0.25, -0.2) is 0 Å². The van der Waals surface area contributed by atoms with Crippen LogP contribution < -0.4 is 10.2 Å². The van der Waals surface area contributed by atoms with Gasteiger partial charge in [0.05, 0.1) is 16.7 Å². The van der Waals surface area contributed by atoms with Crippen molar-refractivity contribution in [2.24, 2.45) is 17.8 Å². The molecule has 0 radical (unpaired) electrons. The van der Waals surface area contributed by atoms with Crippen LogP contribution in [0.3, 0.4) is 0 Å². The second-order valence-electron chi connectivity index (χ2n) is 10.8. The predicted octanol–water partition coefficient (Wildman–Crippen LogP) is -0.411. The Labute approximate surface area is 202 Å². The maximum absolute atomic E-state index is 13.1. The van der Waals surface area contributed by atoms with E-state index < -0.39 is 35.3 Å². The van der Waals surface area contributed by atoms with E-state index in [0.717, 1.165) is 23.7 Å². The van der Waals surface area contributed by atoms with Gasteiger partial charge in [0.15, 0.2) is 0 Å². The zero-order valence-corrected chi connectivity index (χ0v) is 19.5. The molecular weight excluding hydrogens is 452 g/mol. The molecule has 1 aliphatic carbocycles. The number of aliphatic hydroxyl groups excluding tert-OH is 1. The molecule has 5 aliphatic rings. The number of amides is 4. The molecule has 3 saturated heterocycles. The maximum Gasteiger partial charge on any atom is 0.262 e. The first-order valence-corrected chi connectivity index (χ1v) is 12.4. The molecule has 4 amide bonds. The Morgan fingerprint density at radius 3 is 2.34 bits per heavy atom. The number of piperidine rings is 3. The Bertz CT molecular complexity index is 1100. The van der Waals surface area contributed by atoms with Crippen molar-refractivity contribution in [3.8, 4) is 0 Å². The van der Waals surface area contributed by atoms with Crippen molar-refractivity contribution >= 4 is 29.3 Å². The molecule has 4 fully saturated rings. The summed E-state index contributed by atoms with van der Waals surface area (Å²) in [5, 5.41) is 22.8. The Hall–Kier alpha value is -2.82. The van der Waals surface area contributed by atoms with Gasteiger partial charge in [0, 0.05) is 51.4 Å². The van der Waals surface area contributed by atoms with Gasteiger partial charge in [-0.05, 0) is 55.2 Å². The predicted molar refractivity (Wildman–Crippen MR) is 124 cm³/mol. The normalized spacial score (nSPS) is 32.1. The number of carbonyl (C=O) groups excluding carboxylic acids is 4. The third kappa shape index (κ3) is 3.75. The molecule has 4 heterocycles. The molecule has 3 unspecified atom stereocenters. The Morgan fingerprint density at radius 1 is 1.00 bits per heavy atom. The third-order valence-electron chi connectivity index (χ3n) is 8.66. The van der Waals surface area contributed by atoms with Crippen molar-refractivity contribution in [1.82, 2.24) is 15.1 Å². The molecule has 3 N–H and O–H groups in total. The largest absolute Gasteiger partial charge is 0.396 e. The van der Waals surface area contributed by atoms with Crippen molar-refractivity contribution in [3.05, 3.63) is 29.3 Å². The number of aliphatic hydroxyl groups is 2. The quantitative estimate of drug-likeness (QED) is 0.483. The molecule has 6 rings (SSSR count). The lowest BCUT2D eigenvalue weighted by Crippen LogP contribution is -2.54. The molecule has 10 nitrogen and oxygen atoms in total. The molecule has 3 atom stereocenters. The monoisotopic (exact) mass is 482 g/mol. The fraction of sp³-hybridized carbons (Fsp3) is 0.600. The highest BCUT2D eigenvalue weighted by Crippen LogP contribution is 2.51. The highest BCUT2D eigenvalue weighted by atomic mass is 16.3. The van der Waals surface area contributed by atoms with E-state index in [-0.39, 0.29) is 30.6 Å². The molecule has 0 bridgehead atoms. The summed E-state index contributed by atoms with van der Waals surface area (Å²) in [6.07, 6.45) is 1.43. The molecule has 1 saturated carbocycles. The SMILES string of the molecule is O=C1CCC(N2C(=O)c3ccc(N4CCC(O)(CN5CC6C(CO)C6C5)CC4)cc3C2=O)C(=O)N1. The fourth-order valence-corrected chi connectivity index (χ4v) is 6.55. The van der Waals surface area contributed by atoms with Crippen LogP contribution >= 0.6 is 0 Å². The van der Waals surface area contributed by atoms with Crippen molar-refractivity contribution < 1.29 is 29.4 Å². The van der Waals surface area contributed by atoms with Crippen molar-refractivity contribution in [1.29, 1.82) is 0 Å². The van der Waals surface area contributed by atoms with E-state index in [1.54, 1.807) is 12.1 Å². The lowest BCUT2D eigenvalue weighted by Gasteiger charge is -2.41. The lowest BCUT2D eigenvalue weighted by atomic mass is 9.90. The number of β-amino-alcohol motifs (C(OH)–C–C–N with tert-alkyl or cyclic N) is 1. The van der Waals surface area contributed by atoms with Gasteiger partial charge in [0.25, 0.3) is 11.8 Å². The number of nitrogens with zero attached hydrogens (tertiary/aromatic N) is 3. The molecular formula is C25H30N4O6. The summed E-state index contributed by atoms with van der Waals surface area (Å²) < 4.78 is 0. The number of nitrogens with one attached hydrogen (secondary N) is 1. The summed E-state index contributed by atoms with van der Waals surface area (Å²) in [6, 6.07) is 4.17. The smallest absolute Gasteiger partial charge is 0.262 e. The van der Waals surface area contributed by atoms with E-state index in [2.05, 4.69) is 15.1 Å². The number of hydrogen-bond donors (Lipinski definition) is 3. The van der Waals surface area contributed by atoms with Gasteiger partial charge in [-0.3, -0.25) is 34.3 Å². The van der Waals surface area contributed by atoms with E-state index >= 15 is 0 Å². The van der Waals surface area contributed by atoms with Gasteiger partial charge < -0.3 is 15.1 Å². The minimum Gasteiger partial charge on any atom is -0.396 e. The first kappa shape index (κ1) is 22.6. The summed E-state index contributed by atoms with van der Waals surface area (Å²) >= 11 is 0. The van der Waals surface area contributed by atoms with Crippen LogP contribution in [0.2, 0.25) is 0 Å². The van der Waals surface area contributed by atoms with Gasteiger partial charge in [-0.1, -0.05) is 0 Å². The van der Waals surface area contributed by atoms with E-state index in [1.165, 1.54) is 0 Å². The number of rotatable bonds is 5. The minimum atomic E-state index is -0.974. The van der Waals surface area contributed by atoms with Crippen molar-refractivity contribution in [2.45, 2.75) is 37.3 Å². The van der Waals surface area contributed by atoms with Crippen molar-refractivity contribution in [3.63, 3.8) is 0 Å². The first-order valence-electron chi connectivity index (χ1n) is 12.4. The van der Waals surface area contributed by atoms with Gasteiger partial charge in [0.1, 0.15) is 6.04 Å². The highest BCUT2D eigenvalue weighted by molar-refractivity contribution is 6.23. The topological polar surface area (TPSA) is 130 Å².